The zero-order valence-electron chi connectivity index (χ0n) is 11.6. The van der Waals surface area contributed by atoms with Crippen LogP contribution in [0.25, 0.3) is 0 Å². The first-order valence-corrected chi connectivity index (χ1v) is 6.45. The minimum absolute atomic E-state index is 0.228. The summed E-state index contributed by atoms with van der Waals surface area (Å²) in [6.45, 7) is 2.03. The molecule has 0 amide bonds. The van der Waals surface area contributed by atoms with Gasteiger partial charge in [-0.15, -0.1) is 0 Å². The number of nitrogens with one attached hydrogen (secondary N) is 1. The summed E-state index contributed by atoms with van der Waals surface area (Å²) in [7, 11) is 1.60. The van der Waals surface area contributed by atoms with Crippen LogP contribution in [0.4, 0.5) is 8.78 Å². The van der Waals surface area contributed by atoms with Crippen LogP contribution in [0.2, 0.25) is 0 Å². The molecule has 0 saturated heterocycles. The molecule has 0 radical (unpaired) electrons. The third kappa shape index (κ3) is 3.90. The fraction of sp³-hybridized carbons (Fsp3) is 0.500. The Bertz CT molecular complexity index is 462. The molecule has 4 nitrogen and oxygen atoms in total. The molecule has 0 aromatic heterocycles. The van der Waals surface area contributed by atoms with Crippen molar-refractivity contribution < 1.29 is 23.4 Å². The normalized spacial score (nSPS) is 13.8. The third-order valence-electron chi connectivity index (χ3n) is 3.40. The molecule has 0 bridgehead atoms. The Balaban J connectivity index is 2.48. The second-order valence-electron chi connectivity index (χ2n) is 4.52. The Morgan fingerprint density at radius 2 is 2.10 bits per heavy atom. The summed E-state index contributed by atoms with van der Waals surface area (Å²) in [5.74, 6) is -2.57. The lowest BCUT2D eigenvalue weighted by Gasteiger charge is -2.27. The first kappa shape index (κ1) is 16.4. The number of ether oxygens (including phenoxy) is 1. The third-order valence-corrected chi connectivity index (χ3v) is 3.40. The molecule has 0 heterocycles. The highest BCUT2D eigenvalue weighted by atomic mass is 19.2. The summed E-state index contributed by atoms with van der Waals surface area (Å²) in [4.78, 5) is 11.2. The summed E-state index contributed by atoms with van der Waals surface area (Å²) in [6.07, 6.45) is 1.32. The number of likely N-dealkylation sites (N-methyl/N-ethyl adjacent to an activating group) is 1. The van der Waals surface area contributed by atoms with Gasteiger partial charge in [0.15, 0.2) is 11.6 Å². The van der Waals surface area contributed by atoms with Crippen molar-refractivity contribution in [3.63, 3.8) is 0 Å². The lowest BCUT2D eigenvalue weighted by Crippen LogP contribution is -2.50. The summed E-state index contributed by atoms with van der Waals surface area (Å²) >= 11 is 0. The molecule has 6 heteroatoms. The van der Waals surface area contributed by atoms with E-state index in [1.807, 2.05) is 0 Å². The van der Waals surface area contributed by atoms with Gasteiger partial charge in [0.1, 0.15) is 11.3 Å². The van der Waals surface area contributed by atoms with Crippen molar-refractivity contribution in [2.45, 2.75) is 31.7 Å². The zero-order chi connectivity index (χ0) is 15.2. The number of rotatable bonds is 8. The summed E-state index contributed by atoms with van der Waals surface area (Å²) in [5, 5.41) is 12.0. The molecule has 1 aromatic rings. The monoisotopic (exact) mass is 287 g/mol. The van der Waals surface area contributed by atoms with Gasteiger partial charge in [-0.05, 0) is 38.4 Å². The Kier molecular flexibility index (Phi) is 5.88. The molecule has 0 saturated carbocycles. The Labute approximate surface area is 116 Å². The largest absolute Gasteiger partial charge is 0.493 e. The number of halogens is 2. The summed E-state index contributed by atoms with van der Waals surface area (Å²) in [6, 6.07) is 3.30. The van der Waals surface area contributed by atoms with Crippen LogP contribution >= 0.6 is 0 Å². The van der Waals surface area contributed by atoms with Crippen molar-refractivity contribution >= 4 is 5.97 Å². The predicted octanol–water partition coefficient (Wildman–Crippen LogP) is 2.58. The summed E-state index contributed by atoms with van der Waals surface area (Å²) < 4.78 is 30.9. The number of carboxylic acid groups (broad SMARTS) is 1. The van der Waals surface area contributed by atoms with Crippen LogP contribution in [-0.2, 0) is 4.79 Å². The van der Waals surface area contributed by atoms with E-state index in [-0.39, 0.29) is 12.4 Å². The maximum Gasteiger partial charge on any atom is 0.323 e. The highest BCUT2D eigenvalue weighted by Crippen LogP contribution is 2.19. The molecule has 1 atom stereocenters. The molecule has 0 aliphatic heterocycles. The number of hydrogen-bond donors (Lipinski definition) is 2. The maximum absolute atomic E-state index is 12.9. The molecule has 1 rings (SSSR count). The van der Waals surface area contributed by atoms with Gasteiger partial charge in [-0.25, -0.2) is 8.78 Å². The number of aliphatic carboxylic acids is 1. The number of carbonyl (C=O) groups is 1. The molecule has 0 spiro atoms. The van der Waals surface area contributed by atoms with Gasteiger partial charge in [-0.1, -0.05) is 6.92 Å². The van der Waals surface area contributed by atoms with Crippen molar-refractivity contribution in [1.82, 2.24) is 5.32 Å². The van der Waals surface area contributed by atoms with E-state index < -0.39 is 23.1 Å². The van der Waals surface area contributed by atoms with Gasteiger partial charge < -0.3 is 15.2 Å². The van der Waals surface area contributed by atoms with Gasteiger partial charge in [-0.2, -0.15) is 0 Å². The average Bonchev–Trinajstić information content (AvgIpc) is 2.43. The Morgan fingerprint density at radius 3 is 2.60 bits per heavy atom. The molecule has 0 aliphatic rings. The van der Waals surface area contributed by atoms with E-state index in [4.69, 9.17) is 4.74 Å². The van der Waals surface area contributed by atoms with Gasteiger partial charge in [-0.3, -0.25) is 4.79 Å². The molecule has 1 unspecified atom stereocenters. The van der Waals surface area contributed by atoms with Crippen LogP contribution in [0, 0.1) is 11.6 Å². The van der Waals surface area contributed by atoms with Crippen LogP contribution in [0.3, 0.4) is 0 Å². The van der Waals surface area contributed by atoms with E-state index in [1.165, 1.54) is 6.07 Å². The zero-order valence-corrected chi connectivity index (χ0v) is 11.6. The highest BCUT2D eigenvalue weighted by Gasteiger charge is 2.34. The van der Waals surface area contributed by atoms with E-state index in [2.05, 4.69) is 5.32 Å². The van der Waals surface area contributed by atoms with Crippen LogP contribution in [-0.4, -0.2) is 30.3 Å². The average molecular weight is 287 g/mol. The molecule has 20 heavy (non-hydrogen) atoms. The molecular weight excluding hydrogens is 268 g/mol. The van der Waals surface area contributed by atoms with Gasteiger partial charge in [0.05, 0.1) is 6.61 Å². The van der Waals surface area contributed by atoms with Gasteiger partial charge in [0, 0.05) is 6.07 Å². The Morgan fingerprint density at radius 1 is 1.40 bits per heavy atom. The smallest absolute Gasteiger partial charge is 0.323 e. The molecule has 0 aliphatic carbocycles. The lowest BCUT2D eigenvalue weighted by atomic mass is 9.91. The van der Waals surface area contributed by atoms with Crippen molar-refractivity contribution in [2.24, 2.45) is 0 Å². The van der Waals surface area contributed by atoms with Crippen LogP contribution < -0.4 is 10.1 Å². The standard InChI is InChI=1S/C14H19F2NO3/c1-3-14(17-2,13(18)19)7-4-8-20-10-5-6-11(15)12(16)9-10/h5-6,9,17H,3-4,7-8H2,1-2H3,(H,18,19). The van der Waals surface area contributed by atoms with E-state index in [1.54, 1.807) is 14.0 Å². The minimum atomic E-state index is -0.975. The number of hydrogen-bond acceptors (Lipinski definition) is 3. The fourth-order valence-electron chi connectivity index (χ4n) is 1.97. The Hall–Kier alpha value is -1.69. The number of carboxylic acids is 1. The second-order valence-corrected chi connectivity index (χ2v) is 4.52. The van der Waals surface area contributed by atoms with Crippen LogP contribution in [0.15, 0.2) is 18.2 Å². The first-order valence-electron chi connectivity index (χ1n) is 6.45. The summed E-state index contributed by atoms with van der Waals surface area (Å²) in [5.41, 5.74) is -0.975. The highest BCUT2D eigenvalue weighted by molar-refractivity contribution is 5.78. The van der Waals surface area contributed by atoms with Gasteiger partial charge in [0.25, 0.3) is 0 Å². The van der Waals surface area contributed by atoms with Crippen LogP contribution in [0.1, 0.15) is 26.2 Å². The quantitative estimate of drug-likeness (QED) is 0.722. The van der Waals surface area contributed by atoms with Crippen molar-refractivity contribution in [1.29, 1.82) is 0 Å². The van der Waals surface area contributed by atoms with Crippen LogP contribution in [0.5, 0.6) is 5.75 Å². The molecular formula is C14H19F2NO3. The van der Waals surface area contributed by atoms with Crippen molar-refractivity contribution in [3.05, 3.63) is 29.8 Å². The van der Waals surface area contributed by atoms with Crippen molar-refractivity contribution in [2.75, 3.05) is 13.7 Å². The van der Waals surface area contributed by atoms with E-state index in [9.17, 15) is 18.7 Å². The van der Waals surface area contributed by atoms with E-state index in [0.29, 0.717) is 19.3 Å². The van der Waals surface area contributed by atoms with E-state index in [0.717, 1.165) is 12.1 Å². The van der Waals surface area contributed by atoms with Gasteiger partial charge in [0.2, 0.25) is 0 Å². The van der Waals surface area contributed by atoms with Gasteiger partial charge >= 0.3 is 5.97 Å². The molecule has 112 valence electrons. The molecule has 2 N–H and O–H groups in total. The molecule has 0 fully saturated rings. The van der Waals surface area contributed by atoms with E-state index >= 15 is 0 Å². The number of benzene rings is 1. The predicted molar refractivity (Wildman–Crippen MR) is 70.8 cm³/mol. The molecule has 1 aromatic carbocycles. The second kappa shape index (κ2) is 7.19. The maximum atomic E-state index is 12.9. The fourth-order valence-corrected chi connectivity index (χ4v) is 1.97. The first-order chi connectivity index (χ1) is 9.45. The van der Waals surface area contributed by atoms with Crippen molar-refractivity contribution in [3.8, 4) is 5.75 Å². The lowest BCUT2D eigenvalue weighted by molar-refractivity contribution is -0.145. The minimum Gasteiger partial charge on any atom is -0.493 e. The SMILES string of the molecule is CCC(CCCOc1ccc(F)c(F)c1)(NC)C(=O)O. The topological polar surface area (TPSA) is 58.6 Å².